The number of fused-ring (bicyclic) bond motifs is 1. The third-order valence-corrected chi connectivity index (χ3v) is 9.50. The number of carbonyl (C=O) groups is 6. The molecule has 0 heterocycles. The Bertz CT molecular complexity index is 2130. The molecule has 1 unspecified atom stereocenters. The van der Waals surface area contributed by atoms with E-state index in [1.54, 1.807) is 30.3 Å². The Hall–Kier alpha value is -6.62. The van der Waals surface area contributed by atoms with Gasteiger partial charge in [-0.05, 0) is 65.6 Å². The first-order valence-electron chi connectivity index (χ1n) is 18.7. The number of hydrogen-bond donors (Lipinski definition) is 5. The first-order valence-corrected chi connectivity index (χ1v) is 18.7. The lowest BCUT2D eigenvalue weighted by atomic mass is 10.00. The van der Waals surface area contributed by atoms with E-state index in [4.69, 9.17) is 5.73 Å². The van der Waals surface area contributed by atoms with Crippen molar-refractivity contribution in [3.63, 3.8) is 0 Å². The Kier molecular flexibility index (Phi) is 14.6. The number of Topliss-reactive ketones (excluding diaryl/α,β-unsaturated/α-hetero) is 1. The van der Waals surface area contributed by atoms with Crippen molar-refractivity contribution in [1.29, 1.82) is 0 Å². The summed E-state index contributed by atoms with van der Waals surface area (Å²) in [5.74, 6) is -4.54. The Morgan fingerprint density at radius 3 is 1.70 bits per heavy atom. The number of benzene rings is 5. The van der Waals surface area contributed by atoms with Crippen molar-refractivity contribution in [2.24, 2.45) is 5.73 Å². The van der Waals surface area contributed by atoms with Crippen LogP contribution in [0.1, 0.15) is 42.0 Å². The summed E-state index contributed by atoms with van der Waals surface area (Å²) in [7, 11) is 0. The molecule has 5 aromatic carbocycles. The highest BCUT2D eigenvalue weighted by atomic mass is 16.2. The van der Waals surface area contributed by atoms with Crippen molar-refractivity contribution in [3.8, 4) is 0 Å². The largest absolute Gasteiger partial charge is 0.368 e. The second-order valence-electron chi connectivity index (χ2n) is 13.8. The topological polar surface area (TPSA) is 177 Å². The molecule has 5 aromatic rings. The molecule has 0 aliphatic rings. The van der Waals surface area contributed by atoms with E-state index in [-0.39, 0.29) is 31.6 Å². The zero-order chi connectivity index (χ0) is 39.9. The summed E-state index contributed by atoms with van der Waals surface area (Å²) in [6.45, 7) is 1.36. The molecule has 0 fully saturated rings. The summed E-state index contributed by atoms with van der Waals surface area (Å²) < 4.78 is 0. The van der Waals surface area contributed by atoms with Gasteiger partial charge in [0, 0.05) is 6.42 Å². The van der Waals surface area contributed by atoms with Crippen LogP contribution in [0.15, 0.2) is 133 Å². The third-order valence-electron chi connectivity index (χ3n) is 9.50. The quantitative estimate of drug-likeness (QED) is 0.0800. The van der Waals surface area contributed by atoms with Crippen LogP contribution in [-0.2, 0) is 54.5 Å². The van der Waals surface area contributed by atoms with E-state index >= 15 is 0 Å². The van der Waals surface area contributed by atoms with Crippen molar-refractivity contribution >= 4 is 46.1 Å². The normalized spacial score (nSPS) is 13.0. The van der Waals surface area contributed by atoms with Crippen molar-refractivity contribution in [2.75, 3.05) is 0 Å². The van der Waals surface area contributed by atoms with Gasteiger partial charge >= 0.3 is 0 Å². The Morgan fingerprint density at radius 2 is 1.05 bits per heavy atom. The molecule has 6 N–H and O–H groups in total. The number of primary amides is 1. The lowest BCUT2D eigenvalue weighted by Crippen LogP contribution is -2.57. The first kappa shape index (κ1) is 40.6. The van der Waals surface area contributed by atoms with Crippen molar-refractivity contribution < 1.29 is 28.8 Å². The van der Waals surface area contributed by atoms with Gasteiger partial charge in [0.2, 0.25) is 29.4 Å². The van der Waals surface area contributed by atoms with E-state index < -0.39 is 53.6 Å². The lowest BCUT2D eigenvalue weighted by Gasteiger charge is -2.23. The van der Waals surface area contributed by atoms with Crippen LogP contribution >= 0.6 is 0 Å². The van der Waals surface area contributed by atoms with Crippen LogP contribution in [0.5, 0.6) is 0 Å². The SMILES string of the molecule is CC(NC(=O)[C@H](CCc1ccccc1)NC(=O)Cc1ccccc1)C(=O)C(=O)N[C@@H](Cc1ccccc1)C(=O)N[C@@H](CCc1ccc2ccccc2c1)C(N)=O. The molecular formula is C45H47N5O6. The molecule has 5 amide bonds. The highest BCUT2D eigenvalue weighted by Gasteiger charge is 2.31. The van der Waals surface area contributed by atoms with Gasteiger partial charge in [-0.15, -0.1) is 0 Å². The molecule has 4 atom stereocenters. The maximum atomic E-state index is 13.7. The molecule has 56 heavy (non-hydrogen) atoms. The number of nitrogens with two attached hydrogens (primary N) is 1. The standard InChI is InChI=1S/C45H47N5O6/c1-30(47-43(54)38(26-22-31-13-5-2-6-14-31)48-40(51)29-33-17-9-4-10-18-33)41(52)45(56)50-39(28-32-15-7-3-8-16-32)44(55)49-37(42(46)53)25-23-34-21-24-35-19-11-12-20-36(35)27-34/h2-21,24,27,30,37-39H,22-23,25-26,28-29H2,1H3,(H2,46,53)(H,47,54)(H,48,51)(H,49,55)(H,50,56)/t30?,37-,38-,39-/m0/s1. The summed E-state index contributed by atoms with van der Waals surface area (Å²) in [6.07, 6.45) is 1.43. The molecule has 11 heteroatoms. The van der Waals surface area contributed by atoms with E-state index in [9.17, 15) is 28.8 Å². The molecule has 0 radical (unpaired) electrons. The van der Waals surface area contributed by atoms with Gasteiger partial charge in [0.25, 0.3) is 5.91 Å². The minimum Gasteiger partial charge on any atom is -0.368 e. The summed E-state index contributed by atoms with van der Waals surface area (Å²) >= 11 is 0. The molecule has 0 saturated carbocycles. The smallest absolute Gasteiger partial charge is 0.290 e. The van der Waals surface area contributed by atoms with E-state index in [0.717, 1.165) is 27.5 Å². The van der Waals surface area contributed by atoms with Gasteiger partial charge in [-0.1, -0.05) is 133 Å². The molecule has 0 aromatic heterocycles. The summed E-state index contributed by atoms with van der Waals surface area (Å²) in [5.41, 5.74) is 9.10. The van der Waals surface area contributed by atoms with Gasteiger partial charge in [-0.2, -0.15) is 0 Å². The van der Waals surface area contributed by atoms with Gasteiger partial charge < -0.3 is 27.0 Å². The van der Waals surface area contributed by atoms with E-state index in [1.807, 2.05) is 103 Å². The fourth-order valence-corrected chi connectivity index (χ4v) is 6.38. The van der Waals surface area contributed by atoms with Crippen LogP contribution in [0.25, 0.3) is 10.8 Å². The Morgan fingerprint density at radius 1 is 0.518 bits per heavy atom. The zero-order valence-electron chi connectivity index (χ0n) is 31.3. The molecular weight excluding hydrogens is 707 g/mol. The monoisotopic (exact) mass is 753 g/mol. The predicted octanol–water partition coefficient (Wildman–Crippen LogP) is 3.90. The molecule has 0 saturated heterocycles. The maximum absolute atomic E-state index is 13.7. The Labute approximate surface area is 326 Å². The van der Waals surface area contributed by atoms with Crippen LogP contribution in [0.3, 0.4) is 0 Å². The van der Waals surface area contributed by atoms with Gasteiger partial charge in [-0.3, -0.25) is 28.8 Å². The molecule has 11 nitrogen and oxygen atoms in total. The fourth-order valence-electron chi connectivity index (χ4n) is 6.38. The minimum atomic E-state index is -1.30. The average molecular weight is 754 g/mol. The Balaban J connectivity index is 1.23. The number of nitrogens with one attached hydrogen (secondary N) is 4. The number of hydrogen-bond acceptors (Lipinski definition) is 6. The van der Waals surface area contributed by atoms with Crippen molar-refractivity contribution in [2.45, 2.75) is 69.6 Å². The van der Waals surface area contributed by atoms with Crippen LogP contribution in [0, 0.1) is 0 Å². The van der Waals surface area contributed by atoms with Crippen molar-refractivity contribution in [3.05, 3.63) is 156 Å². The lowest BCUT2D eigenvalue weighted by molar-refractivity contribution is -0.141. The number of carbonyl (C=O) groups excluding carboxylic acids is 6. The second-order valence-corrected chi connectivity index (χ2v) is 13.8. The summed E-state index contributed by atoms with van der Waals surface area (Å²) in [6, 6.07) is 36.7. The second kappa shape index (κ2) is 20.2. The predicted molar refractivity (Wildman–Crippen MR) is 215 cm³/mol. The summed E-state index contributed by atoms with van der Waals surface area (Å²) in [5, 5.41) is 12.7. The minimum absolute atomic E-state index is 0.0115. The fraction of sp³-hybridized carbons (Fsp3) is 0.244. The highest BCUT2D eigenvalue weighted by molar-refractivity contribution is 6.38. The molecule has 288 valence electrons. The average Bonchev–Trinajstić information content (AvgIpc) is 3.21. The maximum Gasteiger partial charge on any atom is 0.290 e. The molecule has 5 rings (SSSR count). The number of rotatable bonds is 19. The number of amides is 5. The van der Waals surface area contributed by atoms with E-state index in [1.165, 1.54) is 6.92 Å². The highest BCUT2D eigenvalue weighted by Crippen LogP contribution is 2.17. The first-order chi connectivity index (χ1) is 27.0. The van der Waals surface area contributed by atoms with E-state index in [0.29, 0.717) is 18.4 Å². The number of ketones is 1. The van der Waals surface area contributed by atoms with Gasteiger partial charge in [0.15, 0.2) is 0 Å². The molecule has 0 aliphatic heterocycles. The van der Waals surface area contributed by atoms with Crippen LogP contribution in [-0.4, -0.2) is 59.5 Å². The van der Waals surface area contributed by atoms with E-state index in [2.05, 4.69) is 21.3 Å². The van der Waals surface area contributed by atoms with Crippen LogP contribution in [0.2, 0.25) is 0 Å². The zero-order valence-corrected chi connectivity index (χ0v) is 31.3. The third kappa shape index (κ3) is 12.2. The van der Waals surface area contributed by atoms with Gasteiger partial charge in [0.1, 0.15) is 18.1 Å². The summed E-state index contributed by atoms with van der Waals surface area (Å²) in [4.78, 5) is 79.6. The van der Waals surface area contributed by atoms with Crippen LogP contribution < -0.4 is 27.0 Å². The van der Waals surface area contributed by atoms with Crippen LogP contribution in [0.4, 0.5) is 0 Å². The molecule has 0 bridgehead atoms. The van der Waals surface area contributed by atoms with Gasteiger partial charge in [-0.25, -0.2) is 0 Å². The molecule has 0 spiro atoms. The van der Waals surface area contributed by atoms with Crippen molar-refractivity contribution in [1.82, 2.24) is 21.3 Å². The number of aryl methyl sites for hydroxylation is 2. The van der Waals surface area contributed by atoms with Gasteiger partial charge in [0.05, 0.1) is 12.5 Å². The molecule has 0 aliphatic carbocycles.